The van der Waals surface area contributed by atoms with E-state index in [4.69, 9.17) is 16.3 Å². The number of aromatic nitrogens is 1. The lowest BCUT2D eigenvalue weighted by atomic mass is 10.1. The van der Waals surface area contributed by atoms with Crippen molar-refractivity contribution in [3.63, 3.8) is 0 Å². The second kappa shape index (κ2) is 5.74. The normalized spacial score (nSPS) is 17.0. The third-order valence-electron chi connectivity index (χ3n) is 3.40. The van der Waals surface area contributed by atoms with Crippen molar-refractivity contribution in [2.75, 3.05) is 11.4 Å². The van der Waals surface area contributed by atoms with Gasteiger partial charge in [-0.2, -0.15) is 0 Å². The minimum absolute atomic E-state index is 0.0277. The maximum atomic E-state index is 12.6. The summed E-state index contributed by atoms with van der Waals surface area (Å²) in [7, 11) is 0. The first-order valence-electron chi connectivity index (χ1n) is 6.79. The minimum atomic E-state index is -0.0845. The topological polar surface area (TPSA) is 42.4 Å². The number of benzene rings is 1. The van der Waals surface area contributed by atoms with Gasteiger partial charge in [-0.05, 0) is 36.8 Å². The molecule has 5 heteroatoms. The molecule has 0 aliphatic carbocycles. The molecule has 0 radical (unpaired) electrons. The van der Waals surface area contributed by atoms with Crippen molar-refractivity contribution in [1.29, 1.82) is 0 Å². The van der Waals surface area contributed by atoms with E-state index < -0.39 is 0 Å². The zero-order valence-electron chi connectivity index (χ0n) is 11.6. The molecule has 1 atom stereocenters. The van der Waals surface area contributed by atoms with Gasteiger partial charge in [0, 0.05) is 12.4 Å². The van der Waals surface area contributed by atoms with E-state index in [9.17, 15) is 4.79 Å². The van der Waals surface area contributed by atoms with Crippen molar-refractivity contribution in [3.05, 3.63) is 53.3 Å². The second-order valence-electron chi connectivity index (χ2n) is 5.05. The predicted octanol–water partition coefficient (Wildman–Crippen LogP) is 3.09. The van der Waals surface area contributed by atoms with E-state index in [0.29, 0.717) is 23.7 Å². The molecule has 1 aromatic heterocycles. The maximum Gasteiger partial charge on any atom is 0.231 e. The van der Waals surface area contributed by atoms with Crippen LogP contribution >= 0.6 is 11.6 Å². The molecule has 0 fully saturated rings. The number of hydrogen-bond acceptors (Lipinski definition) is 3. The van der Waals surface area contributed by atoms with Crippen LogP contribution in [0.2, 0.25) is 5.02 Å². The predicted molar refractivity (Wildman–Crippen MR) is 81.8 cm³/mol. The summed E-state index contributed by atoms with van der Waals surface area (Å²) < 4.78 is 5.76. The molecule has 1 aliphatic rings. The Morgan fingerprint density at radius 1 is 1.38 bits per heavy atom. The van der Waals surface area contributed by atoms with Gasteiger partial charge in [-0.25, -0.2) is 0 Å². The van der Waals surface area contributed by atoms with E-state index in [2.05, 4.69) is 4.98 Å². The van der Waals surface area contributed by atoms with Gasteiger partial charge in [0.1, 0.15) is 6.10 Å². The molecule has 21 heavy (non-hydrogen) atoms. The fraction of sp³-hybridized carbons (Fsp3) is 0.250. The van der Waals surface area contributed by atoms with Crippen molar-refractivity contribution >= 4 is 23.2 Å². The summed E-state index contributed by atoms with van der Waals surface area (Å²) >= 11 is 6.17. The Kier molecular flexibility index (Phi) is 3.80. The summed E-state index contributed by atoms with van der Waals surface area (Å²) in [4.78, 5) is 18.3. The Labute approximate surface area is 128 Å². The van der Waals surface area contributed by atoms with Crippen LogP contribution in [0.4, 0.5) is 5.69 Å². The molecule has 1 aliphatic heterocycles. The van der Waals surface area contributed by atoms with Crippen LogP contribution in [-0.2, 0) is 11.2 Å². The molecule has 108 valence electrons. The quantitative estimate of drug-likeness (QED) is 0.856. The highest BCUT2D eigenvalue weighted by atomic mass is 35.5. The number of halogens is 1. The van der Waals surface area contributed by atoms with Gasteiger partial charge in [0.15, 0.2) is 5.75 Å². The number of para-hydroxylation sites is 1. The standard InChI is InChI=1S/C16H15ClN2O2/c1-11-10-19(14-4-2-3-13(17)16(14)21-11)15(20)9-12-5-7-18-8-6-12/h2-8,11H,9-10H2,1H3. The molecule has 0 spiro atoms. The number of ether oxygens (including phenoxy) is 1. The lowest BCUT2D eigenvalue weighted by Crippen LogP contribution is -2.43. The first kappa shape index (κ1) is 13.9. The molecule has 1 amide bonds. The van der Waals surface area contributed by atoms with Crippen molar-refractivity contribution < 1.29 is 9.53 Å². The highest BCUT2D eigenvalue weighted by Gasteiger charge is 2.28. The van der Waals surface area contributed by atoms with E-state index in [-0.39, 0.29) is 12.0 Å². The summed E-state index contributed by atoms with van der Waals surface area (Å²) in [5.41, 5.74) is 1.68. The van der Waals surface area contributed by atoms with Crippen LogP contribution in [-0.4, -0.2) is 23.5 Å². The van der Waals surface area contributed by atoms with E-state index in [1.165, 1.54) is 0 Å². The van der Waals surface area contributed by atoms with E-state index in [1.54, 1.807) is 23.4 Å². The number of anilines is 1. The van der Waals surface area contributed by atoms with Crippen LogP contribution in [0.1, 0.15) is 12.5 Å². The van der Waals surface area contributed by atoms with Crippen LogP contribution in [0.25, 0.3) is 0 Å². The minimum Gasteiger partial charge on any atom is -0.485 e. The molecule has 1 unspecified atom stereocenters. The molecule has 3 rings (SSSR count). The molecular formula is C16H15ClN2O2. The second-order valence-corrected chi connectivity index (χ2v) is 5.46. The Morgan fingerprint density at radius 2 is 2.14 bits per heavy atom. The average Bonchev–Trinajstić information content (AvgIpc) is 2.48. The molecule has 0 saturated heterocycles. The zero-order valence-corrected chi connectivity index (χ0v) is 12.4. The number of carbonyl (C=O) groups is 1. The van der Waals surface area contributed by atoms with Gasteiger partial charge < -0.3 is 9.64 Å². The van der Waals surface area contributed by atoms with Crippen molar-refractivity contribution in [1.82, 2.24) is 4.98 Å². The number of pyridine rings is 1. The third-order valence-corrected chi connectivity index (χ3v) is 3.70. The lowest BCUT2D eigenvalue weighted by Gasteiger charge is -2.34. The van der Waals surface area contributed by atoms with Crippen LogP contribution in [0.15, 0.2) is 42.7 Å². The Bertz CT molecular complexity index is 661. The largest absolute Gasteiger partial charge is 0.485 e. The third kappa shape index (κ3) is 2.85. The van der Waals surface area contributed by atoms with Gasteiger partial charge in [-0.15, -0.1) is 0 Å². The van der Waals surface area contributed by atoms with Crippen molar-refractivity contribution in [3.8, 4) is 5.75 Å². The van der Waals surface area contributed by atoms with E-state index >= 15 is 0 Å². The van der Waals surface area contributed by atoms with Gasteiger partial charge in [-0.3, -0.25) is 9.78 Å². The number of hydrogen-bond donors (Lipinski definition) is 0. The van der Waals surface area contributed by atoms with Crippen LogP contribution in [0, 0.1) is 0 Å². The van der Waals surface area contributed by atoms with Crippen LogP contribution in [0.5, 0.6) is 5.75 Å². The first-order valence-corrected chi connectivity index (χ1v) is 7.17. The van der Waals surface area contributed by atoms with E-state index in [0.717, 1.165) is 11.3 Å². The van der Waals surface area contributed by atoms with Gasteiger partial charge in [-0.1, -0.05) is 17.7 Å². The van der Waals surface area contributed by atoms with Gasteiger partial charge in [0.25, 0.3) is 0 Å². The van der Waals surface area contributed by atoms with Gasteiger partial charge >= 0.3 is 0 Å². The molecule has 2 heterocycles. The lowest BCUT2D eigenvalue weighted by molar-refractivity contribution is -0.118. The summed E-state index contributed by atoms with van der Waals surface area (Å²) in [5.74, 6) is 0.612. The highest BCUT2D eigenvalue weighted by molar-refractivity contribution is 6.32. The van der Waals surface area contributed by atoms with Crippen LogP contribution < -0.4 is 9.64 Å². The van der Waals surface area contributed by atoms with Gasteiger partial charge in [0.2, 0.25) is 5.91 Å². The van der Waals surface area contributed by atoms with Crippen LogP contribution in [0.3, 0.4) is 0 Å². The molecule has 1 aromatic carbocycles. The number of amides is 1. The zero-order chi connectivity index (χ0) is 14.8. The Hall–Kier alpha value is -2.07. The molecule has 0 bridgehead atoms. The summed E-state index contributed by atoms with van der Waals surface area (Å²) in [6.07, 6.45) is 3.63. The number of nitrogens with zero attached hydrogens (tertiary/aromatic N) is 2. The Morgan fingerprint density at radius 3 is 2.90 bits per heavy atom. The number of carbonyl (C=O) groups excluding carboxylic acids is 1. The fourth-order valence-electron chi connectivity index (χ4n) is 2.43. The first-order chi connectivity index (χ1) is 10.1. The molecular weight excluding hydrogens is 288 g/mol. The maximum absolute atomic E-state index is 12.6. The smallest absolute Gasteiger partial charge is 0.231 e. The monoisotopic (exact) mass is 302 g/mol. The summed E-state index contributed by atoms with van der Waals surface area (Å²) in [6, 6.07) is 9.15. The number of rotatable bonds is 2. The Balaban J connectivity index is 1.89. The summed E-state index contributed by atoms with van der Waals surface area (Å²) in [6.45, 7) is 2.45. The fourth-order valence-corrected chi connectivity index (χ4v) is 2.64. The molecule has 2 aromatic rings. The number of fused-ring (bicyclic) bond motifs is 1. The molecule has 0 N–H and O–H groups in total. The SMILES string of the molecule is CC1CN(C(=O)Cc2ccncc2)c2cccc(Cl)c2O1. The molecule has 4 nitrogen and oxygen atoms in total. The highest BCUT2D eigenvalue weighted by Crippen LogP contribution is 2.39. The van der Waals surface area contributed by atoms with Crippen molar-refractivity contribution in [2.24, 2.45) is 0 Å². The average molecular weight is 303 g/mol. The van der Waals surface area contributed by atoms with Gasteiger partial charge in [0.05, 0.1) is 23.7 Å². The van der Waals surface area contributed by atoms with Crippen molar-refractivity contribution in [2.45, 2.75) is 19.4 Å². The summed E-state index contributed by atoms with van der Waals surface area (Å²) in [5, 5.41) is 0.528. The molecule has 0 saturated carbocycles. The van der Waals surface area contributed by atoms with E-state index in [1.807, 2.05) is 31.2 Å².